The molecular formula is C13H17F3N2OS. The van der Waals surface area contributed by atoms with Gasteiger partial charge in [-0.2, -0.15) is 11.8 Å². The molecule has 2 N–H and O–H groups in total. The minimum atomic E-state index is -4.67. The highest BCUT2D eigenvalue weighted by molar-refractivity contribution is 7.99. The average molecular weight is 306 g/mol. The number of ether oxygens (including phenoxy) is 1. The molecule has 0 amide bonds. The van der Waals surface area contributed by atoms with Crippen molar-refractivity contribution in [3.05, 3.63) is 29.8 Å². The minimum absolute atomic E-state index is 0.0623. The third-order valence-electron chi connectivity index (χ3n) is 3.19. The Bertz CT molecular complexity index is 436. The Morgan fingerprint density at radius 3 is 2.60 bits per heavy atom. The molecule has 0 aromatic heterocycles. The second kappa shape index (κ2) is 6.69. The molecule has 0 radical (unpaired) electrons. The molecule has 112 valence electrons. The molecule has 1 unspecified atom stereocenters. The van der Waals surface area contributed by atoms with Gasteiger partial charge in [0.05, 0.1) is 0 Å². The number of thioether (sulfide) groups is 1. The number of nitrogens with zero attached hydrogens (tertiary/aromatic N) is 1. The summed E-state index contributed by atoms with van der Waals surface area (Å²) in [6, 6.07) is 6.02. The van der Waals surface area contributed by atoms with Gasteiger partial charge in [0.25, 0.3) is 0 Å². The van der Waals surface area contributed by atoms with Gasteiger partial charge in [0.15, 0.2) is 0 Å². The van der Waals surface area contributed by atoms with E-state index in [-0.39, 0.29) is 11.8 Å². The lowest BCUT2D eigenvalue weighted by Crippen LogP contribution is -2.39. The van der Waals surface area contributed by atoms with E-state index in [0.717, 1.165) is 30.2 Å². The highest BCUT2D eigenvalue weighted by Gasteiger charge is 2.31. The van der Waals surface area contributed by atoms with Gasteiger partial charge in [-0.25, -0.2) is 0 Å². The third kappa shape index (κ3) is 4.29. The van der Waals surface area contributed by atoms with Crippen LogP contribution in [0.3, 0.4) is 0 Å². The van der Waals surface area contributed by atoms with Crippen LogP contribution in [-0.2, 0) is 0 Å². The Kier molecular flexibility index (Phi) is 5.17. The van der Waals surface area contributed by atoms with Gasteiger partial charge in [0, 0.05) is 37.2 Å². The van der Waals surface area contributed by atoms with Crippen molar-refractivity contribution in [2.75, 3.05) is 31.1 Å². The fourth-order valence-electron chi connectivity index (χ4n) is 2.30. The van der Waals surface area contributed by atoms with Crippen molar-refractivity contribution in [2.45, 2.75) is 12.4 Å². The van der Waals surface area contributed by atoms with Crippen LogP contribution in [0.1, 0.15) is 11.6 Å². The maximum absolute atomic E-state index is 12.3. The first kappa shape index (κ1) is 15.5. The largest absolute Gasteiger partial charge is 0.573 e. The number of alkyl halides is 3. The van der Waals surface area contributed by atoms with E-state index >= 15 is 0 Å². The molecule has 3 nitrogen and oxygen atoms in total. The van der Waals surface area contributed by atoms with E-state index in [1.54, 1.807) is 12.1 Å². The molecule has 1 aliphatic heterocycles. The van der Waals surface area contributed by atoms with Gasteiger partial charge >= 0.3 is 6.36 Å². The average Bonchev–Trinajstić information content (AvgIpc) is 2.39. The van der Waals surface area contributed by atoms with E-state index < -0.39 is 6.36 Å². The number of halogens is 3. The van der Waals surface area contributed by atoms with Gasteiger partial charge in [-0.1, -0.05) is 12.1 Å². The van der Waals surface area contributed by atoms with Crippen molar-refractivity contribution in [3.63, 3.8) is 0 Å². The Balaban J connectivity index is 2.14. The molecule has 1 fully saturated rings. The van der Waals surface area contributed by atoms with Gasteiger partial charge < -0.3 is 10.5 Å². The first-order valence-electron chi connectivity index (χ1n) is 6.37. The van der Waals surface area contributed by atoms with Crippen molar-refractivity contribution in [3.8, 4) is 5.75 Å². The predicted molar refractivity (Wildman–Crippen MR) is 73.8 cm³/mol. The highest BCUT2D eigenvalue weighted by Crippen LogP contribution is 2.28. The molecule has 1 saturated heterocycles. The molecule has 7 heteroatoms. The molecule has 0 bridgehead atoms. The van der Waals surface area contributed by atoms with E-state index in [9.17, 15) is 13.2 Å². The maximum Gasteiger partial charge on any atom is 0.573 e. The smallest absolute Gasteiger partial charge is 0.406 e. The molecule has 1 aromatic carbocycles. The Morgan fingerprint density at radius 1 is 1.30 bits per heavy atom. The zero-order valence-corrected chi connectivity index (χ0v) is 11.7. The summed E-state index contributed by atoms with van der Waals surface area (Å²) in [6.07, 6.45) is -4.67. The number of benzene rings is 1. The van der Waals surface area contributed by atoms with Crippen molar-refractivity contribution in [1.29, 1.82) is 0 Å². The van der Waals surface area contributed by atoms with Crippen LogP contribution in [0.15, 0.2) is 24.3 Å². The highest BCUT2D eigenvalue weighted by atomic mass is 32.2. The van der Waals surface area contributed by atoms with Crippen molar-refractivity contribution in [1.82, 2.24) is 4.90 Å². The van der Waals surface area contributed by atoms with Gasteiger partial charge in [0.2, 0.25) is 0 Å². The van der Waals surface area contributed by atoms with Crippen LogP contribution < -0.4 is 10.5 Å². The summed E-state index contributed by atoms with van der Waals surface area (Å²) in [5, 5.41) is 0. The predicted octanol–water partition coefficient (Wildman–Crippen LogP) is 2.63. The van der Waals surface area contributed by atoms with Gasteiger partial charge in [-0.3, -0.25) is 4.90 Å². The van der Waals surface area contributed by atoms with Crippen molar-refractivity contribution in [2.24, 2.45) is 5.73 Å². The quantitative estimate of drug-likeness (QED) is 0.928. The van der Waals surface area contributed by atoms with E-state index in [4.69, 9.17) is 5.73 Å². The summed E-state index contributed by atoms with van der Waals surface area (Å²) >= 11 is 1.88. The molecule has 1 aliphatic rings. The van der Waals surface area contributed by atoms with E-state index in [1.165, 1.54) is 12.1 Å². The van der Waals surface area contributed by atoms with Crippen LogP contribution in [0.2, 0.25) is 0 Å². The molecule has 0 aliphatic carbocycles. The fourth-order valence-corrected chi connectivity index (χ4v) is 3.24. The second-order valence-corrected chi connectivity index (χ2v) is 5.74. The van der Waals surface area contributed by atoms with Crippen LogP contribution in [0.4, 0.5) is 13.2 Å². The molecule has 1 atom stereocenters. The number of hydrogen-bond acceptors (Lipinski definition) is 4. The number of rotatable bonds is 4. The Labute approximate surface area is 120 Å². The maximum atomic E-state index is 12.3. The molecule has 2 rings (SSSR count). The van der Waals surface area contributed by atoms with Gasteiger partial charge in [-0.15, -0.1) is 13.2 Å². The topological polar surface area (TPSA) is 38.5 Å². The van der Waals surface area contributed by atoms with Crippen LogP contribution in [0, 0.1) is 0 Å². The standard InChI is InChI=1S/C13H17F3N2OS/c14-13(15,16)19-11-3-1-2-10(8-11)12(9-17)18-4-6-20-7-5-18/h1-3,8,12H,4-7,9,17H2. The van der Waals surface area contributed by atoms with E-state index in [2.05, 4.69) is 9.64 Å². The van der Waals surface area contributed by atoms with Crippen molar-refractivity contribution < 1.29 is 17.9 Å². The lowest BCUT2D eigenvalue weighted by atomic mass is 10.0. The summed E-state index contributed by atoms with van der Waals surface area (Å²) in [7, 11) is 0. The summed E-state index contributed by atoms with van der Waals surface area (Å²) in [4.78, 5) is 2.21. The fraction of sp³-hybridized carbons (Fsp3) is 0.538. The zero-order chi connectivity index (χ0) is 14.6. The third-order valence-corrected chi connectivity index (χ3v) is 4.13. The summed E-state index contributed by atoms with van der Waals surface area (Å²) < 4.78 is 40.7. The first-order valence-corrected chi connectivity index (χ1v) is 7.52. The molecule has 0 spiro atoms. The van der Waals surface area contributed by atoms with Crippen LogP contribution in [0.25, 0.3) is 0 Å². The Hall–Kier alpha value is -0.920. The number of hydrogen-bond donors (Lipinski definition) is 1. The zero-order valence-electron chi connectivity index (χ0n) is 10.9. The number of nitrogens with two attached hydrogens (primary N) is 1. The van der Waals surface area contributed by atoms with Gasteiger partial charge in [0.1, 0.15) is 5.75 Å². The molecule has 20 heavy (non-hydrogen) atoms. The van der Waals surface area contributed by atoms with Crippen LogP contribution in [-0.4, -0.2) is 42.4 Å². The summed E-state index contributed by atoms with van der Waals surface area (Å²) in [5.74, 6) is 1.85. The normalized spacial score (nSPS) is 18.8. The van der Waals surface area contributed by atoms with Gasteiger partial charge in [-0.05, 0) is 17.7 Å². The molecule has 1 heterocycles. The van der Waals surface area contributed by atoms with Crippen LogP contribution >= 0.6 is 11.8 Å². The van der Waals surface area contributed by atoms with E-state index in [1.807, 2.05) is 11.8 Å². The van der Waals surface area contributed by atoms with Crippen molar-refractivity contribution >= 4 is 11.8 Å². The van der Waals surface area contributed by atoms with Crippen LogP contribution in [0.5, 0.6) is 5.75 Å². The lowest BCUT2D eigenvalue weighted by molar-refractivity contribution is -0.274. The Morgan fingerprint density at radius 2 is 2.00 bits per heavy atom. The SMILES string of the molecule is NCC(c1cccc(OC(F)(F)F)c1)N1CCSCC1. The summed E-state index contributed by atoms with van der Waals surface area (Å²) in [5.41, 5.74) is 6.57. The monoisotopic (exact) mass is 306 g/mol. The molecule has 1 aromatic rings. The first-order chi connectivity index (χ1) is 9.49. The molecular weight excluding hydrogens is 289 g/mol. The minimum Gasteiger partial charge on any atom is -0.406 e. The molecule has 0 saturated carbocycles. The summed E-state index contributed by atoms with van der Waals surface area (Å²) in [6.45, 7) is 2.17. The second-order valence-electron chi connectivity index (χ2n) is 4.52. The van der Waals surface area contributed by atoms with E-state index in [0.29, 0.717) is 6.54 Å². The lowest BCUT2D eigenvalue weighted by Gasteiger charge is -2.34.